The van der Waals surface area contributed by atoms with Crippen molar-refractivity contribution in [2.45, 2.75) is 6.42 Å². The molecule has 0 aliphatic carbocycles. The maximum atomic E-state index is 13.4. The third-order valence-electron chi connectivity index (χ3n) is 2.75. The van der Waals surface area contributed by atoms with E-state index in [9.17, 15) is 13.6 Å². The van der Waals surface area contributed by atoms with Crippen molar-refractivity contribution in [3.8, 4) is 0 Å². The van der Waals surface area contributed by atoms with Crippen LogP contribution in [0.15, 0.2) is 30.3 Å². The first-order valence-corrected chi connectivity index (χ1v) is 6.78. The molecule has 1 aromatic carbocycles. The van der Waals surface area contributed by atoms with Crippen LogP contribution < -0.4 is 5.32 Å². The Morgan fingerprint density at radius 2 is 1.81 bits per heavy atom. The normalized spacial score (nSPS) is 10.5. The molecular weight excluding hydrogens is 321 g/mol. The number of nitrogens with one attached hydrogen (secondary N) is 1. The predicted molar refractivity (Wildman–Crippen MR) is 76.7 cm³/mol. The van der Waals surface area contributed by atoms with Gasteiger partial charge in [0.15, 0.2) is 0 Å². The van der Waals surface area contributed by atoms with Crippen LogP contribution in [-0.2, 0) is 6.42 Å². The van der Waals surface area contributed by atoms with Crippen molar-refractivity contribution in [2.24, 2.45) is 0 Å². The van der Waals surface area contributed by atoms with Crippen LogP contribution in [0.4, 0.5) is 8.78 Å². The maximum Gasteiger partial charge on any atom is 0.271 e. The molecule has 3 nitrogen and oxygen atoms in total. The zero-order valence-corrected chi connectivity index (χ0v) is 12.2. The molecular formula is C14H10Cl2F2N2O. The van der Waals surface area contributed by atoms with Crippen molar-refractivity contribution in [3.05, 3.63) is 63.4 Å². The van der Waals surface area contributed by atoms with Gasteiger partial charge in [-0.1, -0.05) is 29.3 Å². The zero-order valence-electron chi connectivity index (χ0n) is 10.7. The molecule has 0 fully saturated rings. The Bertz CT molecular complexity index is 660. The number of hydrogen-bond acceptors (Lipinski definition) is 2. The van der Waals surface area contributed by atoms with E-state index in [0.717, 1.165) is 12.1 Å². The maximum absolute atomic E-state index is 13.4. The highest BCUT2D eigenvalue weighted by molar-refractivity contribution is 6.34. The van der Waals surface area contributed by atoms with E-state index in [4.69, 9.17) is 23.2 Å². The number of amides is 1. The van der Waals surface area contributed by atoms with E-state index in [1.807, 2.05) is 0 Å². The zero-order chi connectivity index (χ0) is 15.4. The Kier molecular flexibility index (Phi) is 5.09. The average Bonchev–Trinajstić information content (AvgIpc) is 2.44. The minimum absolute atomic E-state index is 0.0163. The second-order valence-electron chi connectivity index (χ2n) is 4.17. The summed E-state index contributed by atoms with van der Waals surface area (Å²) in [7, 11) is 0. The first-order chi connectivity index (χ1) is 9.99. The monoisotopic (exact) mass is 330 g/mol. The summed E-state index contributed by atoms with van der Waals surface area (Å²) < 4.78 is 26.8. The molecule has 0 saturated carbocycles. The molecule has 0 radical (unpaired) electrons. The van der Waals surface area contributed by atoms with Crippen LogP contribution in [0.1, 0.15) is 16.1 Å². The van der Waals surface area contributed by atoms with Crippen molar-refractivity contribution in [3.63, 3.8) is 0 Å². The molecule has 0 unspecified atom stereocenters. The molecule has 1 N–H and O–H groups in total. The molecule has 7 heteroatoms. The number of pyridine rings is 1. The van der Waals surface area contributed by atoms with Crippen molar-refractivity contribution in [1.82, 2.24) is 10.3 Å². The topological polar surface area (TPSA) is 42.0 Å². The van der Waals surface area contributed by atoms with E-state index in [0.29, 0.717) is 0 Å². The van der Waals surface area contributed by atoms with Gasteiger partial charge in [0.25, 0.3) is 5.91 Å². The van der Waals surface area contributed by atoms with E-state index < -0.39 is 17.5 Å². The SMILES string of the molecule is O=C(NCCc1c(F)cccc1F)c1nc(Cl)ccc1Cl. The highest BCUT2D eigenvalue weighted by atomic mass is 35.5. The molecule has 0 saturated heterocycles. The highest BCUT2D eigenvalue weighted by Crippen LogP contribution is 2.17. The summed E-state index contributed by atoms with van der Waals surface area (Å²) in [5, 5.41) is 2.77. The Morgan fingerprint density at radius 3 is 2.48 bits per heavy atom. The fraction of sp³-hybridized carbons (Fsp3) is 0.143. The third kappa shape index (κ3) is 3.89. The second-order valence-corrected chi connectivity index (χ2v) is 4.96. The fourth-order valence-electron chi connectivity index (χ4n) is 1.73. The lowest BCUT2D eigenvalue weighted by molar-refractivity contribution is 0.0949. The summed E-state index contributed by atoms with van der Waals surface area (Å²) in [6.07, 6.45) is 0.0163. The first kappa shape index (κ1) is 15.7. The Morgan fingerprint density at radius 1 is 1.14 bits per heavy atom. The summed E-state index contributed by atoms with van der Waals surface area (Å²) in [4.78, 5) is 15.7. The molecule has 1 amide bonds. The Balaban J connectivity index is 2.00. The number of carbonyl (C=O) groups is 1. The van der Waals surface area contributed by atoms with Crippen LogP contribution in [0.5, 0.6) is 0 Å². The Labute approximate surface area is 129 Å². The smallest absolute Gasteiger partial charge is 0.271 e. The van der Waals surface area contributed by atoms with Crippen LogP contribution in [0.3, 0.4) is 0 Å². The van der Waals surface area contributed by atoms with E-state index in [1.165, 1.54) is 18.2 Å². The van der Waals surface area contributed by atoms with Crippen LogP contribution in [0, 0.1) is 11.6 Å². The number of benzene rings is 1. The van der Waals surface area contributed by atoms with Gasteiger partial charge in [-0.25, -0.2) is 13.8 Å². The molecule has 21 heavy (non-hydrogen) atoms. The van der Waals surface area contributed by atoms with E-state index >= 15 is 0 Å². The van der Waals surface area contributed by atoms with Gasteiger partial charge in [-0.3, -0.25) is 4.79 Å². The lowest BCUT2D eigenvalue weighted by atomic mass is 10.1. The molecule has 0 aliphatic heterocycles. The van der Waals surface area contributed by atoms with E-state index in [2.05, 4.69) is 10.3 Å². The minimum Gasteiger partial charge on any atom is -0.350 e. The first-order valence-electron chi connectivity index (χ1n) is 6.02. The molecule has 0 aliphatic rings. The van der Waals surface area contributed by atoms with Crippen LogP contribution in [-0.4, -0.2) is 17.4 Å². The third-order valence-corrected chi connectivity index (χ3v) is 3.26. The molecule has 110 valence electrons. The number of hydrogen-bond donors (Lipinski definition) is 1. The molecule has 1 aromatic heterocycles. The van der Waals surface area contributed by atoms with Gasteiger partial charge in [0.2, 0.25) is 0 Å². The van der Waals surface area contributed by atoms with E-state index in [-0.39, 0.29) is 34.4 Å². The van der Waals surface area contributed by atoms with Gasteiger partial charge < -0.3 is 5.32 Å². The van der Waals surface area contributed by atoms with Crippen LogP contribution in [0.25, 0.3) is 0 Å². The van der Waals surface area contributed by atoms with Crippen molar-refractivity contribution in [2.75, 3.05) is 6.54 Å². The molecule has 1 heterocycles. The predicted octanol–water partition coefficient (Wildman–Crippen LogP) is 3.64. The minimum atomic E-state index is -0.650. The van der Waals surface area contributed by atoms with Gasteiger partial charge in [-0.15, -0.1) is 0 Å². The molecule has 0 atom stereocenters. The summed E-state index contributed by atoms with van der Waals surface area (Å²) in [6, 6.07) is 6.51. The van der Waals surface area contributed by atoms with Crippen molar-refractivity contribution in [1.29, 1.82) is 0 Å². The highest BCUT2D eigenvalue weighted by Gasteiger charge is 2.13. The number of nitrogens with zero attached hydrogens (tertiary/aromatic N) is 1. The van der Waals surface area contributed by atoms with Crippen molar-refractivity contribution >= 4 is 29.1 Å². The average molecular weight is 331 g/mol. The summed E-state index contributed by atoms with van der Waals surface area (Å²) in [5.41, 5.74) is -0.110. The summed E-state index contributed by atoms with van der Waals surface area (Å²) in [6.45, 7) is 0.0429. The van der Waals surface area contributed by atoms with E-state index in [1.54, 1.807) is 0 Å². The van der Waals surface area contributed by atoms with Gasteiger partial charge in [-0.2, -0.15) is 0 Å². The van der Waals surface area contributed by atoms with Gasteiger partial charge >= 0.3 is 0 Å². The van der Waals surface area contributed by atoms with Gasteiger partial charge in [0.1, 0.15) is 22.5 Å². The lowest BCUT2D eigenvalue weighted by Gasteiger charge is -2.08. The van der Waals surface area contributed by atoms with Crippen molar-refractivity contribution < 1.29 is 13.6 Å². The fourth-order valence-corrected chi connectivity index (χ4v) is 2.07. The molecule has 2 aromatic rings. The van der Waals surface area contributed by atoms with Gasteiger partial charge in [0, 0.05) is 12.1 Å². The lowest BCUT2D eigenvalue weighted by Crippen LogP contribution is -2.27. The van der Waals surface area contributed by atoms with Gasteiger partial charge in [0.05, 0.1) is 5.02 Å². The quantitative estimate of drug-likeness (QED) is 0.869. The second kappa shape index (κ2) is 6.83. The molecule has 0 bridgehead atoms. The summed E-state index contributed by atoms with van der Waals surface area (Å²) in [5.74, 6) is -1.86. The largest absolute Gasteiger partial charge is 0.350 e. The molecule has 2 rings (SSSR count). The number of halogens is 4. The molecule has 0 spiro atoms. The van der Waals surface area contributed by atoms with Crippen LogP contribution in [0.2, 0.25) is 10.2 Å². The Hall–Kier alpha value is -1.72. The summed E-state index contributed by atoms with van der Waals surface area (Å²) >= 11 is 11.5. The standard InChI is InChI=1S/C14H10Cl2F2N2O/c15-9-4-5-12(16)20-13(9)14(21)19-7-6-8-10(17)2-1-3-11(8)18/h1-5H,6-7H2,(H,19,21). The van der Waals surface area contributed by atoms with Crippen LogP contribution >= 0.6 is 23.2 Å². The number of aromatic nitrogens is 1. The number of rotatable bonds is 4. The van der Waals surface area contributed by atoms with Gasteiger partial charge in [-0.05, 0) is 30.7 Å². The number of carbonyl (C=O) groups excluding carboxylic acids is 1.